The van der Waals surface area contributed by atoms with E-state index in [0.717, 1.165) is 11.4 Å². The van der Waals surface area contributed by atoms with E-state index in [2.05, 4.69) is 40.6 Å². The van der Waals surface area contributed by atoms with Crippen molar-refractivity contribution in [3.8, 4) is 17.6 Å². The second-order valence-corrected chi connectivity index (χ2v) is 6.46. The minimum Gasteiger partial charge on any atom is -0.453 e. The Morgan fingerprint density at radius 3 is 2.77 bits per heavy atom. The third-order valence-electron chi connectivity index (χ3n) is 4.07. The number of hydrogen-bond acceptors (Lipinski definition) is 4. The zero-order chi connectivity index (χ0) is 18.5. The van der Waals surface area contributed by atoms with Crippen LogP contribution in [0.5, 0.6) is 11.5 Å². The van der Waals surface area contributed by atoms with E-state index in [1.54, 1.807) is 18.2 Å². The summed E-state index contributed by atoms with van der Waals surface area (Å²) < 4.78 is 5.97. The lowest BCUT2D eigenvalue weighted by atomic mass is 10.1. The third kappa shape index (κ3) is 4.23. The summed E-state index contributed by atoms with van der Waals surface area (Å²) in [4.78, 5) is 0. The number of aromatic amines is 1. The lowest BCUT2D eigenvalue weighted by Crippen LogP contribution is -2.18. The summed E-state index contributed by atoms with van der Waals surface area (Å²) in [5.41, 5.74) is 3.24. The molecule has 2 N–H and O–H groups in total. The monoisotopic (exact) mass is 366 g/mol. The van der Waals surface area contributed by atoms with Crippen molar-refractivity contribution in [3.63, 3.8) is 0 Å². The van der Waals surface area contributed by atoms with Gasteiger partial charge in [0.1, 0.15) is 11.4 Å². The van der Waals surface area contributed by atoms with Crippen molar-refractivity contribution in [2.45, 2.75) is 26.4 Å². The molecule has 1 aromatic heterocycles. The Morgan fingerprint density at radius 2 is 2.04 bits per heavy atom. The Balaban J connectivity index is 1.75. The van der Waals surface area contributed by atoms with Crippen molar-refractivity contribution in [1.82, 2.24) is 15.5 Å². The van der Waals surface area contributed by atoms with Gasteiger partial charge in [-0.1, -0.05) is 41.9 Å². The van der Waals surface area contributed by atoms with Crippen LogP contribution in [0.1, 0.15) is 35.5 Å². The Morgan fingerprint density at radius 1 is 1.27 bits per heavy atom. The number of rotatable bonds is 6. The number of halogens is 1. The van der Waals surface area contributed by atoms with Crippen molar-refractivity contribution >= 4 is 11.6 Å². The van der Waals surface area contributed by atoms with Gasteiger partial charge in [-0.3, -0.25) is 5.10 Å². The van der Waals surface area contributed by atoms with Gasteiger partial charge in [0.25, 0.3) is 0 Å². The van der Waals surface area contributed by atoms with Crippen LogP contribution in [0.15, 0.2) is 48.5 Å². The zero-order valence-corrected chi connectivity index (χ0v) is 15.3. The number of nitrogens with one attached hydrogen (secondary N) is 2. The van der Waals surface area contributed by atoms with E-state index in [4.69, 9.17) is 21.6 Å². The van der Waals surface area contributed by atoms with Crippen molar-refractivity contribution in [1.29, 1.82) is 5.26 Å². The highest BCUT2D eigenvalue weighted by Gasteiger charge is 2.14. The van der Waals surface area contributed by atoms with Gasteiger partial charge in [0.2, 0.25) is 0 Å². The van der Waals surface area contributed by atoms with Crippen LogP contribution in [0.2, 0.25) is 5.02 Å². The molecule has 0 fully saturated rings. The van der Waals surface area contributed by atoms with E-state index in [0.29, 0.717) is 28.6 Å². The van der Waals surface area contributed by atoms with Crippen LogP contribution in [-0.4, -0.2) is 10.2 Å². The average Bonchev–Trinajstić information content (AvgIpc) is 2.99. The molecule has 5 nitrogen and oxygen atoms in total. The fraction of sp³-hybridized carbons (Fsp3) is 0.200. The minimum absolute atomic E-state index is 0.184. The highest BCUT2D eigenvalue weighted by Crippen LogP contribution is 2.30. The third-order valence-corrected chi connectivity index (χ3v) is 4.28. The molecule has 0 aliphatic heterocycles. The maximum absolute atomic E-state index is 9.08. The average molecular weight is 367 g/mol. The molecular formula is C20H19ClN4O. The molecule has 0 amide bonds. The molecule has 0 spiro atoms. The Kier molecular flexibility index (Phi) is 5.57. The van der Waals surface area contributed by atoms with E-state index >= 15 is 0 Å². The number of aryl methyl sites for hydroxylation is 1. The Labute approximate surface area is 157 Å². The first-order valence-electron chi connectivity index (χ1n) is 8.27. The maximum Gasteiger partial charge on any atom is 0.172 e. The van der Waals surface area contributed by atoms with Crippen molar-refractivity contribution in [3.05, 3.63) is 76.1 Å². The molecule has 1 heterocycles. The normalized spacial score (nSPS) is 11.8. The van der Waals surface area contributed by atoms with Crippen LogP contribution < -0.4 is 10.1 Å². The second-order valence-electron chi connectivity index (χ2n) is 6.02. The first kappa shape index (κ1) is 18.0. The van der Waals surface area contributed by atoms with E-state index in [-0.39, 0.29) is 6.04 Å². The van der Waals surface area contributed by atoms with Gasteiger partial charge in [0.05, 0.1) is 17.3 Å². The number of H-pyrrole nitrogens is 1. The quantitative estimate of drug-likeness (QED) is 0.651. The molecule has 0 bridgehead atoms. The predicted molar refractivity (Wildman–Crippen MR) is 101 cm³/mol. The first-order chi connectivity index (χ1) is 12.6. The Bertz CT molecular complexity index is 931. The van der Waals surface area contributed by atoms with Gasteiger partial charge in [-0.05, 0) is 37.6 Å². The van der Waals surface area contributed by atoms with Crippen LogP contribution >= 0.6 is 11.6 Å². The number of nitrogens with zero attached hydrogens (tertiary/aromatic N) is 2. The minimum atomic E-state index is 0.184. The maximum atomic E-state index is 9.08. The van der Waals surface area contributed by atoms with Gasteiger partial charge in [-0.25, -0.2) is 0 Å². The lowest BCUT2D eigenvalue weighted by molar-refractivity contribution is 0.464. The molecule has 1 atom stereocenters. The molecule has 26 heavy (non-hydrogen) atoms. The molecule has 1 unspecified atom stereocenters. The Hall–Kier alpha value is -2.81. The molecule has 2 aromatic carbocycles. The van der Waals surface area contributed by atoms with E-state index in [9.17, 15) is 0 Å². The zero-order valence-electron chi connectivity index (χ0n) is 14.6. The fourth-order valence-electron chi connectivity index (χ4n) is 2.65. The standard InChI is InChI=1S/C20H19ClN4O/c1-13(16-6-4-3-5-7-16)23-12-19-20(14(2)24-25-19)26-18-9-15(11-22)8-17(21)10-18/h3-10,13,23H,12H2,1-2H3,(H,24,25). The molecule has 3 rings (SSSR count). The summed E-state index contributed by atoms with van der Waals surface area (Å²) in [6, 6.07) is 17.4. The highest BCUT2D eigenvalue weighted by atomic mass is 35.5. The SMILES string of the molecule is Cc1n[nH]c(CNC(C)c2ccccc2)c1Oc1cc(Cl)cc(C#N)c1. The fourth-order valence-corrected chi connectivity index (χ4v) is 2.87. The molecule has 0 saturated carbocycles. The van der Waals surface area contributed by atoms with Gasteiger partial charge in [0.15, 0.2) is 5.75 Å². The number of ether oxygens (including phenoxy) is 1. The molecule has 0 aliphatic carbocycles. The number of benzene rings is 2. The predicted octanol–water partition coefficient (Wildman–Crippen LogP) is 4.89. The van der Waals surface area contributed by atoms with Gasteiger partial charge >= 0.3 is 0 Å². The molecule has 0 radical (unpaired) electrons. The van der Waals surface area contributed by atoms with Crippen molar-refractivity contribution in [2.24, 2.45) is 0 Å². The number of aromatic nitrogens is 2. The molecule has 6 heteroatoms. The summed E-state index contributed by atoms with van der Waals surface area (Å²) in [5.74, 6) is 1.15. The van der Waals surface area contributed by atoms with E-state index in [1.165, 1.54) is 5.56 Å². The number of hydrogen-bond donors (Lipinski definition) is 2. The van der Waals surface area contributed by atoms with Gasteiger partial charge in [0, 0.05) is 17.6 Å². The van der Waals surface area contributed by atoms with Crippen molar-refractivity contribution in [2.75, 3.05) is 0 Å². The summed E-state index contributed by atoms with van der Waals surface area (Å²) in [6.45, 7) is 4.54. The van der Waals surface area contributed by atoms with Crippen LogP contribution in [-0.2, 0) is 6.54 Å². The van der Waals surface area contributed by atoms with Crippen LogP contribution in [0.3, 0.4) is 0 Å². The van der Waals surface area contributed by atoms with Crippen molar-refractivity contribution < 1.29 is 4.74 Å². The molecule has 132 valence electrons. The van der Waals surface area contributed by atoms with Gasteiger partial charge in [-0.15, -0.1) is 0 Å². The molecular weight excluding hydrogens is 348 g/mol. The number of nitriles is 1. The highest BCUT2D eigenvalue weighted by molar-refractivity contribution is 6.30. The van der Waals surface area contributed by atoms with Crippen LogP contribution in [0.25, 0.3) is 0 Å². The van der Waals surface area contributed by atoms with Crippen LogP contribution in [0, 0.1) is 18.3 Å². The summed E-state index contributed by atoms with van der Waals surface area (Å²) in [5, 5.41) is 20.2. The van der Waals surface area contributed by atoms with Gasteiger partial charge < -0.3 is 10.1 Å². The summed E-state index contributed by atoms with van der Waals surface area (Å²) >= 11 is 6.05. The summed E-state index contributed by atoms with van der Waals surface area (Å²) in [7, 11) is 0. The summed E-state index contributed by atoms with van der Waals surface area (Å²) in [6.07, 6.45) is 0. The van der Waals surface area contributed by atoms with E-state index < -0.39 is 0 Å². The van der Waals surface area contributed by atoms with E-state index in [1.807, 2.05) is 25.1 Å². The second kappa shape index (κ2) is 8.05. The van der Waals surface area contributed by atoms with Gasteiger partial charge in [-0.2, -0.15) is 10.4 Å². The first-order valence-corrected chi connectivity index (χ1v) is 8.65. The molecule has 3 aromatic rings. The molecule has 0 aliphatic rings. The largest absolute Gasteiger partial charge is 0.453 e. The smallest absolute Gasteiger partial charge is 0.172 e. The topological polar surface area (TPSA) is 73.7 Å². The lowest BCUT2D eigenvalue weighted by Gasteiger charge is -2.14. The molecule has 0 saturated heterocycles. The van der Waals surface area contributed by atoms with Crippen LogP contribution in [0.4, 0.5) is 0 Å².